The van der Waals surface area contributed by atoms with Crippen LogP contribution < -0.4 is 5.69 Å². The zero-order valence-electron chi connectivity index (χ0n) is 13.5. The van der Waals surface area contributed by atoms with E-state index in [1.807, 2.05) is 0 Å². The highest BCUT2D eigenvalue weighted by Gasteiger charge is 2.31. The number of alkyl halides is 3. The van der Waals surface area contributed by atoms with Crippen LogP contribution in [0.25, 0.3) is 22.3 Å². The lowest BCUT2D eigenvalue weighted by molar-refractivity contribution is -0.137. The third kappa shape index (κ3) is 3.02. The van der Waals surface area contributed by atoms with E-state index in [2.05, 4.69) is 9.97 Å². The topological polar surface area (TPSA) is 67.8 Å². The number of pyridine rings is 1. The number of carbonyl (C=O) groups excluding carboxylic acids is 1. The SMILES string of the molecule is O=C(Cn1c(=O)[nH]c2ncc(-c3cccc(C(F)(F)F)c3)cc21)C1CC1. The number of hydrogen-bond acceptors (Lipinski definition) is 3. The summed E-state index contributed by atoms with van der Waals surface area (Å²) >= 11 is 0. The zero-order valence-corrected chi connectivity index (χ0v) is 13.5. The van der Waals surface area contributed by atoms with Gasteiger partial charge in [0.15, 0.2) is 11.4 Å². The number of benzene rings is 1. The first-order valence-electron chi connectivity index (χ1n) is 8.12. The van der Waals surface area contributed by atoms with E-state index in [-0.39, 0.29) is 18.2 Å². The molecule has 2 aromatic heterocycles. The van der Waals surface area contributed by atoms with Gasteiger partial charge in [-0.1, -0.05) is 12.1 Å². The van der Waals surface area contributed by atoms with E-state index in [9.17, 15) is 22.8 Å². The van der Waals surface area contributed by atoms with Crippen LogP contribution in [0.1, 0.15) is 18.4 Å². The number of halogens is 3. The summed E-state index contributed by atoms with van der Waals surface area (Å²) in [5.41, 5.74) is 0.263. The molecule has 1 saturated carbocycles. The van der Waals surface area contributed by atoms with Gasteiger partial charge >= 0.3 is 11.9 Å². The minimum absolute atomic E-state index is 0.00598. The zero-order chi connectivity index (χ0) is 18.5. The minimum atomic E-state index is -4.44. The number of carbonyl (C=O) groups is 1. The fraction of sp³-hybridized carbons (Fsp3) is 0.278. The molecule has 26 heavy (non-hydrogen) atoms. The second kappa shape index (κ2) is 5.82. The van der Waals surface area contributed by atoms with Crippen molar-refractivity contribution in [1.82, 2.24) is 14.5 Å². The highest BCUT2D eigenvalue weighted by atomic mass is 19.4. The summed E-state index contributed by atoms with van der Waals surface area (Å²) in [6.07, 6.45) is -1.37. The van der Waals surface area contributed by atoms with Crippen LogP contribution in [-0.4, -0.2) is 20.3 Å². The number of aromatic nitrogens is 3. The number of hydrogen-bond donors (Lipinski definition) is 1. The maximum atomic E-state index is 12.9. The number of nitrogens with zero attached hydrogens (tertiary/aromatic N) is 2. The van der Waals surface area contributed by atoms with Gasteiger partial charge in [0.1, 0.15) is 0 Å². The number of nitrogens with one attached hydrogen (secondary N) is 1. The Hall–Kier alpha value is -2.90. The van der Waals surface area contributed by atoms with Gasteiger partial charge in [-0.25, -0.2) is 9.78 Å². The average Bonchev–Trinajstić information content (AvgIpc) is 3.40. The van der Waals surface area contributed by atoms with Crippen molar-refractivity contribution in [3.8, 4) is 11.1 Å². The van der Waals surface area contributed by atoms with Gasteiger partial charge in [0.2, 0.25) is 0 Å². The Balaban J connectivity index is 1.77. The summed E-state index contributed by atoms with van der Waals surface area (Å²) in [6, 6.07) is 6.48. The molecule has 4 rings (SSSR count). The molecular formula is C18H14F3N3O2. The second-order valence-corrected chi connectivity index (χ2v) is 6.43. The van der Waals surface area contributed by atoms with Crippen molar-refractivity contribution in [3.05, 3.63) is 52.6 Å². The maximum Gasteiger partial charge on any atom is 0.416 e. The number of rotatable bonds is 4. The Morgan fingerprint density at radius 1 is 1.23 bits per heavy atom. The number of Topliss-reactive ketones (excluding diaryl/α,β-unsaturated/α-hetero) is 1. The second-order valence-electron chi connectivity index (χ2n) is 6.43. The van der Waals surface area contributed by atoms with E-state index >= 15 is 0 Å². The van der Waals surface area contributed by atoms with E-state index in [1.165, 1.54) is 16.8 Å². The molecule has 2 heterocycles. The highest BCUT2D eigenvalue weighted by molar-refractivity contribution is 5.85. The lowest BCUT2D eigenvalue weighted by Gasteiger charge is -2.09. The van der Waals surface area contributed by atoms with E-state index in [0.717, 1.165) is 25.0 Å². The molecule has 0 saturated heterocycles. The molecule has 0 atom stereocenters. The van der Waals surface area contributed by atoms with Gasteiger partial charge in [0.05, 0.1) is 17.6 Å². The number of aromatic amines is 1. The predicted molar refractivity (Wildman–Crippen MR) is 88.5 cm³/mol. The van der Waals surface area contributed by atoms with Gasteiger partial charge < -0.3 is 0 Å². The molecule has 0 radical (unpaired) electrons. The number of imidazole rings is 1. The monoisotopic (exact) mass is 361 g/mol. The van der Waals surface area contributed by atoms with Crippen molar-refractivity contribution in [2.45, 2.75) is 25.6 Å². The van der Waals surface area contributed by atoms with Gasteiger partial charge in [-0.15, -0.1) is 0 Å². The first-order chi connectivity index (χ1) is 12.3. The molecule has 1 aliphatic rings. The summed E-state index contributed by atoms with van der Waals surface area (Å²) in [6.45, 7) is -0.0583. The Kier molecular flexibility index (Phi) is 3.71. The smallest absolute Gasteiger partial charge is 0.297 e. The molecule has 134 valence electrons. The summed E-state index contributed by atoms with van der Waals surface area (Å²) in [4.78, 5) is 30.9. The summed E-state index contributed by atoms with van der Waals surface area (Å²) < 4.78 is 40.1. The molecule has 0 aliphatic heterocycles. The lowest BCUT2D eigenvalue weighted by Crippen LogP contribution is -2.22. The summed E-state index contributed by atoms with van der Waals surface area (Å²) in [7, 11) is 0. The van der Waals surface area contributed by atoms with Crippen molar-refractivity contribution in [2.75, 3.05) is 0 Å². The Morgan fingerprint density at radius 3 is 2.69 bits per heavy atom. The van der Waals surface area contributed by atoms with Gasteiger partial charge in [0.25, 0.3) is 0 Å². The largest absolute Gasteiger partial charge is 0.416 e. The van der Waals surface area contributed by atoms with Crippen LogP contribution in [0, 0.1) is 5.92 Å². The van der Waals surface area contributed by atoms with Crippen LogP contribution in [-0.2, 0) is 17.5 Å². The number of fused-ring (bicyclic) bond motifs is 1. The maximum absolute atomic E-state index is 12.9. The van der Waals surface area contributed by atoms with Crippen molar-refractivity contribution < 1.29 is 18.0 Å². The van der Waals surface area contributed by atoms with E-state index < -0.39 is 17.4 Å². The first-order valence-corrected chi connectivity index (χ1v) is 8.12. The molecule has 5 nitrogen and oxygen atoms in total. The summed E-state index contributed by atoms with van der Waals surface area (Å²) in [5, 5.41) is 0. The quantitative estimate of drug-likeness (QED) is 0.775. The van der Waals surface area contributed by atoms with Crippen LogP contribution in [0.3, 0.4) is 0 Å². The van der Waals surface area contributed by atoms with Gasteiger partial charge in [-0.2, -0.15) is 13.2 Å². The van der Waals surface area contributed by atoms with Crippen molar-refractivity contribution in [1.29, 1.82) is 0 Å². The first kappa shape index (κ1) is 16.6. The van der Waals surface area contributed by atoms with Crippen molar-refractivity contribution in [2.24, 2.45) is 5.92 Å². The third-order valence-corrected chi connectivity index (χ3v) is 4.50. The molecule has 1 aliphatic carbocycles. The van der Waals surface area contributed by atoms with Gasteiger partial charge in [0, 0.05) is 17.7 Å². The molecule has 0 unspecified atom stereocenters. The number of ketones is 1. The Labute approximate surface area is 145 Å². The molecule has 1 aromatic carbocycles. The molecule has 1 N–H and O–H groups in total. The van der Waals surface area contributed by atoms with Crippen LogP contribution in [0.2, 0.25) is 0 Å². The minimum Gasteiger partial charge on any atom is -0.297 e. The molecule has 3 aromatic rings. The fourth-order valence-corrected chi connectivity index (χ4v) is 2.91. The lowest BCUT2D eigenvalue weighted by atomic mass is 10.0. The Morgan fingerprint density at radius 2 is 2.00 bits per heavy atom. The molecule has 0 amide bonds. The molecule has 0 spiro atoms. The van der Waals surface area contributed by atoms with Gasteiger partial charge in [-0.05, 0) is 36.6 Å². The standard InChI is InChI=1S/C18H14F3N3O2/c19-18(20,21)13-3-1-2-11(6-13)12-7-14-16(22-8-12)23-17(26)24(14)9-15(25)10-4-5-10/h1-3,6-8,10H,4-5,9H2,(H,22,23,26). The summed E-state index contributed by atoms with van der Waals surface area (Å²) in [5.74, 6) is -0.0102. The van der Waals surface area contributed by atoms with Crippen LogP contribution >= 0.6 is 0 Å². The van der Waals surface area contributed by atoms with Crippen LogP contribution in [0.4, 0.5) is 13.2 Å². The number of H-pyrrole nitrogens is 1. The third-order valence-electron chi connectivity index (χ3n) is 4.50. The molecular weight excluding hydrogens is 347 g/mol. The van der Waals surface area contributed by atoms with E-state index in [0.29, 0.717) is 22.3 Å². The van der Waals surface area contributed by atoms with E-state index in [4.69, 9.17) is 0 Å². The predicted octanol–water partition coefficient (Wildman–Crippen LogP) is 3.39. The van der Waals surface area contributed by atoms with Gasteiger partial charge in [-0.3, -0.25) is 14.3 Å². The average molecular weight is 361 g/mol. The van der Waals surface area contributed by atoms with Crippen LogP contribution in [0.15, 0.2) is 41.3 Å². The fourth-order valence-electron chi connectivity index (χ4n) is 2.91. The molecule has 8 heteroatoms. The van der Waals surface area contributed by atoms with E-state index in [1.54, 1.807) is 12.1 Å². The van der Waals surface area contributed by atoms with Crippen LogP contribution in [0.5, 0.6) is 0 Å². The van der Waals surface area contributed by atoms with Crippen molar-refractivity contribution >= 4 is 16.9 Å². The molecule has 0 bridgehead atoms. The van der Waals surface area contributed by atoms with Crippen molar-refractivity contribution in [3.63, 3.8) is 0 Å². The molecule has 1 fully saturated rings. The Bertz CT molecular complexity index is 1060. The highest BCUT2D eigenvalue weighted by Crippen LogP contribution is 2.33. The normalized spacial score (nSPS) is 14.7.